The van der Waals surface area contributed by atoms with E-state index in [1.807, 2.05) is 24.3 Å². The van der Waals surface area contributed by atoms with E-state index in [9.17, 15) is 9.59 Å². The first kappa shape index (κ1) is 20.4. The molecule has 1 atom stereocenters. The maximum absolute atomic E-state index is 12.3. The van der Waals surface area contributed by atoms with E-state index >= 15 is 0 Å². The fourth-order valence-electron chi connectivity index (χ4n) is 3.74. The normalized spacial score (nSPS) is 13.0. The quantitative estimate of drug-likeness (QED) is 0.282. The molecule has 1 N–H and O–H groups in total. The van der Waals surface area contributed by atoms with Crippen LogP contribution in [0.1, 0.15) is 43.2 Å². The SMILES string of the molecule is CC(=O)[C@H](CCCCN=[N+]=[N-])NC(=O)OCC1c2ccccc2-c2ccccc21. The summed E-state index contributed by atoms with van der Waals surface area (Å²) in [7, 11) is 0. The van der Waals surface area contributed by atoms with Crippen LogP contribution in [0.5, 0.6) is 0 Å². The lowest BCUT2D eigenvalue weighted by Gasteiger charge is -2.18. The second-order valence-electron chi connectivity index (χ2n) is 7.08. The van der Waals surface area contributed by atoms with Gasteiger partial charge in [0.2, 0.25) is 0 Å². The number of alkyl carbamates (subject to hydrolysis) is 1. The number of rotatable bonds is 9. The summed E-state index contributed by atoms with van der Waals surface area (Å²) >= 11 is 0. The highest BCUT2D eigenvalue weighted by Gasteiger charge is 2.29. The molecule has 150 valence electrons. The molecule has 0 aliphatic heterocycles. The molecule has 0 bridgehead atoms. The highest BCUT2D eigenvalue weighted by atomic mass is 16.5. The summed E-state index contributed by atoms with van der Waals surface area (Å²) in [6.45, 7) is 2.04. The van der Waals surface area contributed by atoms with Crippen molar-refractivity contribution in [1.82, 2.24) is 5.32 Å². The molecule has 1 aliphatic carbocycles. The Balaban J connectivity index is 1.58. The van der Waals surface area contributed by atoms with Gasteiger partial charge in [-0.05, 0) is 47.6 Å². The number of unbranched alkanes of at least 4 members (excludes halogenated alkanes) is 1. The average Bonchev–Trinajstić information content (AvgIpc) is 3.05. The van der Waals surface area contributed by atoms with Crippen molar-refractivity contribution in [1.29, 1.82) is 0 Å². The van der Waals surface area contributed by atoms with Gasteiger partial charge in [0.15, 0.2) is 5.78 Å². The number of fused-ring (bicyclic) bond motifs is 3. The van der Waals surface area contributed by atoms with Gasteiger partial charge in [-0.1, -0.05) is 60.1 Å². The van der Waals surface area contributed by atoms with E-state index in [1.165, 1.54) is 18.1 Å². The number of benzene rings is 2. The number of hydrogen-bond acceptors (Lipinski definition) is 4. The molecule has 7 nitrogen and oxygen atoms in total. The molecule has 0 unspecified atom stereocenters. The van der Waals surface area contributed by atoms with Crippen LogP contribution in [0.15, 0.2) is 53.6 Å². The van der Waals surface area contributed by atoms with Crippen molar-refractivity contribution in [3.05, 3.63) is 70.1 Å². The van der Waals surface area contributed by atoms with Gasteiger partial charge >= 0.3 is 6.09 Å². The van der Waals surface area contributed by atoms with E-state index in [-0.39, 0.29) is 18.3 Å². The first-order chi connectivity index (χ1) is 14.1. The Kier molecular flexibility index (Phi) is 6.87. The first-order valence-electron chi connectivity index (χ1n) is 9.74. The fourth-order valence-corrected chi connectivity index (χ4v) is 3.74. The summed E-state index contributed by atoms with van der Waals surface area (Å²) in [5, 5.41) is 6.13. The van der Waals surface area contributed by atoms with Gasteiger partial charge in [-0.15, -0.1) is 0 Å². The number of ketones is 1. The van der Waals surface area contributed by atoms with E-state index in [2.05, 4.69) is 39.6 Å². The molecule has 0 heterocycles. The van der Waals surface area contributed by atoms with E-state index in [0.717, 1.165) is 11.1 Å². The molecule has 0 radical (unpaired) electrons. The number of azide groups is 1. The zero-order valence-electron chi connectivity index (χ0n) is 16.4. The molecule has 2 aromatic carbocycles. The lowest BCUT2D eigenvalue weighted by molar-refractivity contribution is -0.119. The third kappa shape index (κ3) is 4.95. The Bertz CT molecular complexity index is 892. The van der Waals surface area contributed by atoms with Crippen molar-refractivity contribution < 1.29 is 14.3 Å². The number of amides is 1. The fraction of sp³-hybridized carbons (Fsp3) is 0.364. The predicted molar refractivity (Wildman–Crippen MR) is 111 cm³/mol. The smallest absolute Gasteiger partial charge is 0.407 e. The van der Waals surface area contributed by atoms with Crippen LogP contribution in [0.25, 0.3) is 21.6 Å². The van der Waals surface area contributed by atoms with Crippen LogP contribution >= 0.6 is 0 Å². The minimum absolute atomic E-state index is 0.0206. The van der Waals surface area contributed by atoms with E-state index < -0.39 is 12.1 Å². The lowest BCUT2D eigenvalue weighted by atomic mass is 9.98. The standard InChI is InChI=1S/C22H24N4O3/c1-15(27)21(12-6-7-13-24-26-23)25-22(28)29-14-20-18-10-4-2-8-16(18)17-9-3-5-11-19(17)20/h2-5,8-11,20-21H,6-7,12-14H2,1H3,(H,25,28)/t21-/m0/s1. The van der Waals surface area contributed by atoms with Gasteiger partial charge in [0.25, 0.3) is 0 Å². The van der Waals surface area contributed by atoms with Crippen LogP contribution in [0.3, 0.4) is 0 Å². The van der Waals surface area contributed by atoms with Gasteiger partial charge in [-0.25, -0.2) is 4.79 Å². The van der Waals surface area contributed by atoms with Crippen LogP contribution < -0.4 is 5.32 Å². The number of ether oxygens (including phenoxy) is 1. The summed E-state index contributed by atoms with van der Waals surface area (Å²) in [4.78, 5) is 26.9. The number of Topliss-reactive ketones (excluding diaryl/α,β-unsaturated/α-hetero) is 1. The summed E-state index contributed by atoms with van der Waals surface area (Å²) < 4.78 is 5.50. The molecule has 1 aliphatic rings. The lowest BCUT2D eigenvalue weighted by Crippen LogP contribution is -2.40. The highest BCUT2D eigenvalue weighted by Crippen LogP contribution is 2.44. The van der Waals surface area contributed by atoms with E-state index in [0.29, 0.717) is 25.8 Å². The van der Waals surface area contributed by atoms with Gasteiger partial charge in [0.1, 0.15) is 6.61 Å². The summed E-state index contributed by atoms with van der Waals surface area (Å²) in [5.74, 6) is -0.143. The number of carbonyl (C=O) groups is 2. The monoisotopic (exact) mass is 392 g/mol. The van der Waals surface area contributed by atoms with Crippen LogP contribution in [-0.2, 0) is 9.53 Å². The summed E-state index contributed by atoms with van der Waals surface area (Å²) in [6.07, 6.45) is 1.23. The number of nitrogens with one attached hydrogen (secondary N) is 1. The van der Waals surface area contributed by atoms with Crippen molar-refractivity contribution >= 4 is 11.9 Å². The van der Waals surface area contributed by atoms with Crippen molar-refractivity contribution in [2.45, 2.75) is 38.1 Å². The largest absolute Gasteiger partial charge is 0.449 e. The third-order valence-corrected chi connectivity index (χ3v) is 5.19. The van der Waals surface area contributed by atoms with Crippen molar-refractivity contribution in [3.8, 4) is 11.1 Å². The second-order valence-corrected chi connectivity index (χ2v) is 7.08. The molecule has 0 fully saturated rings. The Labute approximate surface area is 169 Å². The summed E-state index contributed by atoms with van der Waals surface area (Å²) in [5.41, 5.74) is 12.9. The molecule has 1 amide bonds. The van der Waals surface area contributed by atoms with Gasteiger partial charge in [-0.3, -0.25) is 4.79 Å². The van der Waals surface area contributed by atoms with Crippen LogP contribution in [0, 0.1) is 0 Å². The zero-order valence-corrected chi connectivity index (χ0v) is 16.4. The van der Waals surface area contributed by atoms with Gasteiger partial charge in [0, 0.05) is 17.4 Å². The Morgan fingerprint density at radius 1 is 1.10 bits per heavy atom. The number of carbonyl (C=O) groups excluding carboxylic acids is 2. The molecule has 0 saturated heterocycles. The van der Waals surface area contributed by atoms with Gasteiger partial charge in [-0.2, -0.15) is 0 Å². The molecule has 29 heavy (non-hydrogen) atoms. The Hall–Kier alpha value is -3.31. The van der Waals surface area contributed by atoms with Crippen molar-refractivity contribution in [2.24, 2.45) is 5.11 Å². The summed E-state index contributed by atoms with van der Waals surface area (Å²) in [6, 6.07) is 15.7. The van der Waals surface area contributed by atoms with E-state index in [1.54, 1.807) is 0 Å². The predicted octanol–water partition coefficient (Wildman–Crippen LogP) is 4.96. The van der Waals surface area contributed by atoms with Gasteiger partial charge < -0.3 is 10.1 Å². The van der Waals surface area contributed by atoms with Crippen molar-refractivity contribution in [3.63, 3.8) is 0 Å². The molecule has 0 aromatic heterocycles. The van der Waals surface area contributed by atoms with E-state index in [4.69, 9.17) is 10.3 Å². The van der Waals surface area contributed by atoms with Crippen molar-refractivity contribution in [2.75, 3.05) is 13.2 Å². The highest BCUT2D eigenvalue weighted by molar-refractivity contribution is 5.85. The molecule has 0 saturated carbocycles. The molecular formula is C22H24N4O3. The minimum Gasteiger partial charge on any atom is -0.449 e. The maximum Gasteiger partial charge on any atom is 0.407 e. The third-order valence-electron chi connectivity index (χ3n) is 5.19. The molecule has 7 heteroatoms. The average molecular weight is 392 g/mol. The van der Waals surface area contributed by atoms with Crippen LogP contribution in [0.2, 0.25) is 0 Å². The van der Waals surface area contributed by atoms with Crippen LogP contribution in [-0.4, -0.2) is 31.1 Å². The molecule has 3 rings (SSSR count). The topological polar surface area (TPSA) is 104 Å². The second kappa shape index (κ2) is 9.75. The molecule has 2 aromatic rings. The minimum atomic E-state index is -0.600. The number of nitrogens with zero attached hydrogens (tertiary/aromatic N) is 3. The Morgan fingerprint density at radius 3 is 2.31 bits per heavy atom. The molecule has 0 spiro atoms. The Morgan fingerprint density at radius 2 is 1.72 bits per heavy atom. The zero-order chi connectivity index (χ0) is 20.6. The first-order valence-corrected chi connectivity index (χ1v) is 9.74. The van der Waals surface area contributed by atoms with Gasteiger partial charge in [0.05, 0.1) is 6.04 Å². The maximum atomic E-state index is 12.3. The number of hydrogen-bond donors (Lipinski definition) is 1. The molecular weight excluding hydrogens is 368 g/mol. The van der Waals surface area contributed by atoms with Crippen LogP contribution in [0.4, 0.5) is 4.79 Å².